The Morgan fingerprint density at radius 1 is 0.882 bits per heavy atom. The van der Waals surface area contributed by atoms with E-state index in [0.717, 1.165) is 0 Å². The summed E-state index contributed by atoms with van der Waals surface area (Å²) in [5.74, 6) is 0. The van der Waals surface area contributed by atoms with Crippen LogP contribution in [-0.4, -0.2) is 50.0 Å². The minimum Gasteiger partial charge on any atom is -0.392 e. The molecule has 0 amide bonds. The molecule has 176 valence electrons. The molecule has 14 nitrogen and oxygen atoms in total. The second-order valence-corrected chi connectivity index (χ2v) is 7.01. The van der Waals surface area contributed by atoms with E-state index in [1.165, 1.54) is 33.7 Å². The van der Waals surface area contributed by atoms with Gasteiger partial charge in [0.05, 0.1) is 35.5 Å². The Balaban J connectivity index is 0.000000191. The number of aliphatic hydroxyl groups is 2. The Morgan fingerprint density at radius 2 is 1.41 bits per heavy atom. The number of nitro groups is 2. The molecule has 0 fully saturated rings. The molecule has 4 aromatic rings. The molecular formula is C20H20N8O6. The van der Waals surface area contributed by atoms with Crippen LogP contribution in [0.5, 0.6) is 0 Å². The zero-order valence-corrected chi connectivity index (χ0v) is 18.1. The Morgan fingerprint density at radius 3 is 1.79 bits per heavy atom. The average Bonchev–Trinajstić information content (AvgIpc) is 3.46. The SMILES string of the molecule is Cn1cc(-c2ccc([N+](=O)[O-])cc2CO)nn1.Cn1ncc(-c2ccc([N+](=O)[O-])cc2CO)n1. The molecular weight excluding hydrogens is 448 g/mol. The maximum absolute atomic E-state index is 10.6. The van der Waals surface area contributed by atoms with Gasteiger partial charge in [-0.05, 0) is 23.3 Å². The van der Waals surface area contributed by atoms with Gasteiger partial charge in [0, 0.05) is 49.5 Å². The highest BCUT2D eigenvalue weighted by Crippen LogP contribution is 2.26. The van der Waals surface area contributed by atoms with Crippen LogP contribution >= 0.6 is 0 Å². The number of hydrogen-bond acceptors (Lipinski definition) is 10. The average molecular weight is 468 g/mol. The van der Waals surface area contributed by atoms with E-state index in [0.29, 0.717) is 33.6 Å². The predicted molar refractivity (Wildman–Crippen MR) is 118 cm³/mol. The maximum atomic E-state index is 10.6. The summed E-state index contributed by atoms with van der Waals surface area (Å²) in [6.45, 7) is -0.568. The summed E-state index contributed by atoms with van der Waals surface area (Å²) in [4.78, 5) is 21.6. The van der Waals surface area contributed by atoms with Crippen LogP contribution in [0, 0.1) is 20.2 Å². The summed E-state index contributed by atoms with van der Waals surface area (Å²) in [7, 11) is 3.40. The third kappa shape index (κ3) is 5.43. The quantitative estimate of drug-likeness (QED) is 0.311. The standard InChI is InChI=1S/2C10H10N4O3/c1-13-5-10(11-12-13)9-3-2-8(14(16)17)4-7(9)6-15;1-13-11-5-10(12-13)9-3-2-8(14(16)17)4-7(9)6-15/h2*2-5,15H,6H2,1H3. The fourth-order valence-corrected chi connectivity index (χ4v) is 3.09. The monoisotopic (exact) mass is 468 g/mol. The smallest absolute Gasteiger partial charge is 0.269 e. The number of rotatable bonds is 6. The van der Waals surface area contributed by atoms with Crippen molar-refractivity contribution in [3.05, 3.63) is 80.1 Å². The predicted octanol–water partition coefficient (Wildman–Crippen LogP) is 1.77. The van der Waals surface area contributed by atoms with E-state index in [1.807, 2.05) is 0 Å². The zero-order valence-electron chi connectivity index (χ0n) is 18.1. The van der Waals surface area contributed by atoms with Crippen molar-refractivity contribution in [1.82, 2.24) is 30.0 Å². The lowest BCUT2D eigenvalue weighted by Crippen LogP contribution is -1.96. The molecule has 0 bridgehead atoms. The fraction of sp³-hybridized carbons (Fsp3) is 0.200. The van der Waals surface area contributed by atoms with Crippen molar-refractivity contribution in [2.45, 2.75) is 13.2 Å². The van der Waals surface area contributed by atoms with E-state index in [-0.39, 0.29) is 24.6 Å². The number of benzene rings is 2. The molecule has 0 atom stereocenters. The molecule has 0 unspecified atom stereocenters. The number of aryl methyl sites for hydroxylation is 2. The molecule has 0 saturated carbocycles. The van der Waals surface area contributed by atoms with Gasteiger partial charge in [-0.3, -0.25) is 24.9 Å². The van der Waals surface area contributed by atoms with E-state index in [1.54, 1.807) is 38.6 Å². The summed E-state index contributed by atoms with van der Waals surface area (Å²) in [6.07, 6.45) is 3.22. The third-order valence-corrected chi connectivity index (χ3v) is 4.69. The number of aromatic nitrogens is 6. The van der Waals surface area contributed by atoms with Crippen molar-refractivity contribution in [1.29, 1.82) is 0 Å². The highest BCUT2D eigenvalue weighted by molar-refractivity contribution is 5.65. The number of nitrogens with zero attached hydrogens (tertiary/aromatic N) is 8. The van der Waals surface area contributed by atoms with Crippen LogP contribution in [-0.2, 0) is 27.3 Å². The number of aliphatic hydroxyl groups excluding tert-OH is 2. The maximum Gasteiger partial charge on any atom is 0.269 e. The van der Waals surface area contributed by atoms with Gasteiger partial charge < -0.3 is 10.2 Å². The molecule has 0 spiro atoms. The van der Waals surface area contributed by atoms with Crippen molar-refractivity contribution in [2.24, 2.45) is 14.1 Å². The van der Waals surface area contributed by atoms with E-state index in [9.17, 15) is 30.4 Å². The molecule has 2 aromatic heterocycles. The normalized spacial score (nSPS) is 10.5. The second-order valence-electron chi connectivity index (χ2n) is 7.01. The van der Waals surface area contributed by atoms with Gasteiger partial charge >= 0.3 is 0 Å². The van der Waals surface area contributed by atoms with Crippen molar-refractivity contribution < 1.29 is 20.1 Å². The molecule has 2 N–H and O–H groups in total. The molecule has 4 rings (SSSR count). The second kappa shape index (κ2) is 10.4. The van der Waals surface area contributed by atoms with Crippen molar-refractivity contribution in [3.63, 3.8) is 0 Å². The lowest BCUT2D eigenvalue weighted by Gasteiger charge is -2.03. The first-order valence-corrected chi connectivity index (χ1v) is 9.73. The molecule has 14 heteroatoms. The van der Waals surface area contributed by atoms with Gasteiger partial charge in [0.25, 0.3) is 11.4 Å². The third-order valence-electron chi connectivity index (χ3n) is 4.69. The molecule has 0 saturated heterocycles. The van der Waals surface area contributed by atoms with Gasteiger partial charge in [-0.15, -0.1) is 5.10 Å². The lowest BCUT2D eigenvalue weighted by molar-refractivity contribution is -0.385. The highest BCUT2D eigenvalue weighted by atomic mass is 16.6. The van der Waals surface area contributed by atoms with Gasteiger partial charge in [0.2, 0.25) is 0 Å². The Labute approximate surface area is 192 Å². The molecule has 0 aliphatic rings. The van der Waals surface area contributed by atoms with Crippen LogP contribution in [0.25, 0.3) is 22.5 Å². The van der Waals surface area contributed by atoms with E-state index in [2.05, 4.69) is 20.5 Å². The van der Waals surface area contributed by atoms with Crippen LogP contribution in [0.2, 0.25) is 0 Å². The van der Waals surface area contributed by atoms with Crippen molar-refractivity contribution >= 4 is 11.4 Å². The summed E-state index contributed by atoms with van der Waals surface area (Å²) >= 11 is 0. The summed E-state index contributed by atoms with van der Waals surface area (Å²) in [5, 5.41) is 55.3. The number of hydrogen-bond donors (Lipinski definition) is 2. The first kappa shape index (κ1) is 24.1. The minimum atomic E-state index is -0.500. The van der Waals surface area contributed by atoms with Crippen LogP contribution in [0.4, 0.5) is 11.4 Å². The highest BCUT2D eigenvalue weighted by Gasteiger charge is 2.14. The first-order chi connectivity index (χ1) is 16.2. The lowest BCUT2D eigenvalue weighted by atomic mass is 10.0. The molecule has 0 aliphatic carbocycles. The van der Waals surface area contributed by atoms with E-state index >= 15 is 0 Å². The first-order valence-electron chi connectivity index (χ1n) is 9.73. The summed E-state index contributed by atoms with van der Waals surface area (Å²) in [5.41, 5.74) is 3.25. The Kier molecular flexibility index (Phi) is 7.35. The summed E-state index contributed by atoms with van der Waals surface area (Å²) in [6, 6.07) is 8.56. The summed E-state index contributed by atoms with van der Waals surface area (Å²) < 4.78 is 1.53. The zero-order chi connectivity index (χ0) is 24.8. The fourth-order valence-electron chi connectivity index (χ4n) is 3.09. The van der Waals surface area contributed by atoms with Gasteiger partial charge in [0.1, 0.15) is 11.4 Å². The molecule has 2 aromatic carbocycles. The van der Waals surface area contributed by atoms with Crippen LogP contribution in [0.1, 0.15) is 11.1 Å². The van der Waals surface area contributed by atoms with Crippen LogP contribution in [0.3, 0.4) is 0 Å². The van der Waals surface area contributed by atoms with Crippen LogP contribution < -0.4 is 0 Å². The number of non-ortho nitro benzene ring substituents is 2. The van der Waals surface area contributed by atoms with E-state index in [4.69, 9.17) is 0 Å². The molecule has 34 heavy (non-hydrogen) atoms. The topological polar surface area (TPSA) is 188 Å². The van der Waals surface area contributed by atoms with Crippen LogP contribution in [0.15, 0.2) is 48.8 Å². The Hall–Kier alpha value is -4.56. The van der Waals surface area contributed by atoms with Gasteiger partial charge in [-0.1, -0.05) is 5.21 Å². The molecule has 0 radical (unpaired) electrons. The van der Waals surface area contributed by atoms with E-state index < -0.39 is 9.85 Å². The number of nitro benzene ring substituents is 2. The molecule has 0 aliphatic heterocycles. The minimum absolute atomic E-state index is 0.0540. The van der Waals surface area contributed by atoms with Crippen molar-refractivity contribution in [3.8, 4) is 22.5 Å². The van der Waals surface area contributed by atoms with Gasteiger partial charge in [-0.25, -0.2) is 0 Å². The Bertz CT molecular complexity index is 1230. The molecule has 2 heterocycles. The van der Waals surface area contributed by atoms with Gasteiger partial charge in [-0.2, -0.15) is 15.0 Å². The van der Waals surface area contributed by atoms with Crippen molar-refractivity contribution in [2.75, 3.05) is 0 Å². The van der Waals surface area contributed by atoms with Gasteiger partial charge in [0.15, 0.2) is 0 Å². The largest absolute Gasteiger partial charge is 0.392 e.